The van der Waals surface area contributed by atoms with Crippen LogP contribution >= 0.6 is 0 Å². The van der Waals surface area contributed by atoms with Crippen LogP contribution in [-0.4, -0.2) is 4.92 Å². The van der Waals surface area contributed by atoms with Crippen molar-refractivity contribution >= 4 is 0 Å². The number of hydrogen-bond donors (Lipinski definition) is 0. The Morgan fingerprint density at radius 2 is 2.33 bits per heavy atom. The van der Waals surface area contributed by atoms with E-state index in [2.05, 4.69) is 12.7 Å². The molecule has 3 heteroatoms. The van der Waals surface area contributed by atoms with E-state index in [1.807, 2.05) is 12.2 Å². The lowest BCUT2D eigenvalue weighted by Gasteiger charge is -2.30. The molecule has 0 aromatic carbocycles. The van der Waals surface area contributed by atoms with Crippen molar-refractivity contribution in [1.29, 1.82) is 0 Å². The topological polar surface area (TPSA) is 43.1 Å². The zero-order chi connectivity index (χ0) is 10.6. The highest BCUT2D eigenvalue weighted by Gasteiger charge is 2.57. The van der Waals surface area contributed by atoms with Gasteiger partial charge >= 0.3 is 0 Å². The van der Waals surface area contributed by atoms with Crippen molar-refractivity contribution < 1.29 is 4.92 Å². The number of allylic oxidation sites excluding steroid dienone is 6. The predicted molar refractivity (Wildman–Crippen MR) is 56.5 cm³/mol. The van der Waals surface area contributed by atoms with Gasteiger partial charge in [0.2, 0.25) is 0 Å². The summed E-state index contributed by atoms with van der Waals surface area (Å²) in [4.78, 5) is 10.8. The average molecular weight is 201 g/mol. The van der Waals surface area contributed by atoms with Crippen molar-refractivity contribution in [3.05, 3.63) is 58.3 Å². The summed E-state index contributed by atoms with van der Waals surface area (Å²) in [6.07, 6.45) is 10.4. The van der Waals surface area contributed by atoms with E-state index in [0.717, 1.165) is 12.0 Å². The molecular formula is C12H11NO2. The van der Waals surface area contributed by atoms with E-state index in [0.29, 0.717) is 11.6 Å². The standard InChI is InChI=1S/C12H11NO2/c1-8-9-5-6-12(7-9)10(8)3-2-4-11(12)13(14)15/h2-6,9-10H,1,7H2. The lowest BCUT2D eigenvalue weighted by atomic mass is 9.72. The van der Waals surface area contributed by atoms with Crippen molar-refractivity contribution in [2.45, 2.75) is 6.42 Å². The summed E-state index contributed by atoms with van der Waals surface area (Å²) < 4.78 is 0. The minimum Gasteiger partial charge on any atom is -0.259 e. The van der Waals surface area contributed by atoms with Gasteiger partial charge in [-0.3, -0.25) is 10.1 Å². The largest absolute Gasteiger partial charge is 0.259 e. The molecule has 1 fully saturated rings. The molecule has 76 valence electrons. The van der Waals surface area contributed by atoms with Crippen molar-refractivity contribution in [3.63, 3.8) is 0 Å². The number of fused-ring (bicyclic) bond motifs is 1. The van der Waals surface area contributed by atoms with Crippen molar-refractivity contribution in [3.8, 4) is 0 Å². The molecule has 0 aromatic rings. The molecule has 1 spiro atoms. The maximum atomic E-state index is 11.0. The monoisotopic (exact) mass is 201 g/mol. The maximum absolute atomic E-state index is 11.0. The first-order valence-electron chi connectivity index (χ1n) is 5.06. The van der Waals surface area contributed by atoms with Crippen molar-refractivity contribution in [2.75, 3.05) is 0 Å². The highest BCUT2D eigenvalue weighted by atomic mass is 16.6. The first-order chi connectivity index (χ1) is 7.15. The van der Waals surface area contributed by atoms with Gasteiger partial charge in [-0.2, -0.15) is 0 Å². The summed E-state index contributed by atoms with van der Waals surface area (Å²) >= 11 is 0. The fraction of sp³-hybridized carbons (Fsp3) is 0.333. The molecular weight excluding hydrogens is 190 g/mol. The van der Waals surface area contributed by atoms with Gasteiger partial charge in [-0.1, -0.05) is 36.5 Å². The summed E-state index contributed by atoms with van der Waals surface area (Å²) in [6, 6.07) is 0. The van der Waals surface area contributed by atoms with Gasteiger partial charge in [-0.25, -0.2) is 0 Å². The van der Waals surface area contributed by atoms with Crippen LogP contribution in [0.3, 0.4) is 0 Å². The first-order valence-corrected chi connectivity index (χ1v) is 5.06. The normalized spacial score (nSPS) is 40.5. The third kappa shape index (κ3) is 0.856. The molecule has 3 nitrogen and oxygen atoms in total. The Bertz CT molecular complexity index is 458. The highest BCUT2D eigenvalue weighted by Crippen LogP contribution is 2.60. The molecule has 3 unspecified atom stereocenters. The third-order valence-electron chi connectivity index (χ3n) is 3.85. The molecule has 1 saturated carbocycles. The summed E-state index contributed by atoms with van der Waals surface area (Å²) in [7, 11) is 0. The van der Waals surface area contributed by atoms with E-state index in [9.17, 15) is 10.1 Å². The number of nitrogens with zero attached hydrogens (tertiary/aromatic N) is 1. The molecule has 3 atom stereocenters. The van der Waals surface area contributed by atoms with E-state index >= 15 is 0 Å². The van der Waals surface area contributed by atoms with Crippen LogP contribution in [0.1, 0.15) is 6.42 Å². The minimum atomic E-state index is -0.389. The molecule has 3 aliphatic rings. The van der Waals surface area contributed by atoms with Crippen LogP contribution in [0.15, 0.2) is 48.2 Å². The molecule has 0 saturated heterocycles. The summed E-state index contributed by atoms with van der Waals surface area (Å²) in [5, 5.41) is 11.0. The van der Waals surface area contributed by atoms with E-state index in [1.165, 1.54) is 0 Å². The smallest absolute Gasteiger partial charge is 0.257 e. The van der Waals surface area contributed by atoms with Crippen LogP contribution in [-0.2, 0) is 0 Å². The second-order valence-corrected chi connectivity index (χ2v) is 4.46. The average Bonchev–Trinajstić information content (AvgIpc) is 2.72. The van der Waals surface area contributed by atoms with Crippen LogP contribution in [0.2, 0.25) is 0 Å². The van der Waals surface area contributed by atoms with E-state index in [1.54, 1.807) is 12.2 Å². The highest BCUT2D eigenvalue weighted by molar-refractivity contribution is 5.46. The van der Waals surface area contributed by atoms with Gasteiger partial charge in [0.1, 0.15) is 0 Å². The van der Waals surface area contributed by atoms with Crippen LogP contribution in [0.5, 0.6) is 0 Å². The quantitative estimate of drug-likeness (QED) is 0.371. The molecule has 3 aliphatic carbocycles. The van der Waals surface area contributed by atoms with Crippen LogP contribution in [0.25, 0.3) is 0 Å². The molecule has 15 heavy (non-hydrogen) atoms. The molecule has 0 aromatic heterocycles. The van der Waals surface area contributed by atoms with Crippen molar-refractivity contribution in [1.82, 2.24) is 0 Å². The molecule has 0 amide bonds. The second-order valence-electron chi connectivity index (χ2n) is 4.46. The molecule has 0 heterocycles. The lowest BCUT2D eigenvalue weighted by molar-refractivity contribution is -0.439. The van der Waals surface area contributed by atoms with Gasteiger partial charge in [0, 0.05) is 12.0 Å². The summed E-state index contributed by atoms with van der Waals surface area (Å²) in [5.41, 5.74) is 1.06. The number of hydrogen-bond acceptors (Lipinski definition) is 2. The SMILES string of the molecule is C=C1C2C=CC3(C2)C([N+](=O)[O-])=CC=CC13. The predicted octanol–water partition coefficient (Wildman–Crippen LogP) is 2.47. The molecule has 0 N–H and O–H groups in total. The van der Waals surface area contributed by atoms with E-state index in [4.69, 9.17) is 0 Å². The van der Waals surface area contributed by atoms with Crippen molar-refractivity contribution in [2.24, 2.45) is 17.3 Å². The Morgan fingerprint density at radius 1 is 1.53 bits per heavy atom. The Hall–Kier alpha value is -1.64. The molecule has 2 bridgehead atoms. The molecule has 3 rings (SSSR count). The third-order valence-corrected chi connectivity index (χ3v) is 3.85. The fourth-order valence-corrected chi connectivity index (χ4v) is 3.12. The van der Waals surface area contributed by atoms with Crippen LogP contribution < -0.4 is 0 Å². The second kappa shape index (κ2) is 2.48. The zero-order valence-electron chi connectivity index (χ0n) is 8.22. The lowest BCUT2D eigenvalue weighted by Crippen LogP contribution is -2.30. The van der Waals surface area contributed by atoms with Gasteiger partial charge < -0.3 is 0 Å². The fourth-order valence-electron chi connectivity index (χ4n) is 3.12. The first kappa shape index (κ1) is 8.65. The Kier molecular flexibility index (Phi) is 1.43. The van der Waals surface area contributed by atoms with Gasteiger partial charge in [0.15, 0.2) is 0 Å². The molecule has 0 aliphatic heterocycles. The minimum absolute atomic E-state index is 0.137. The van der Waals surface area contributed by atoms with E-state index in [-0.39, 0.29) is 16.3 Å². The van der Waals surface area contributed by atoms with Gasteiger partial charge in [-0.15, -0.1) is 0 Å². The Balaban J connectivity index is 2.18. The maximum Gasteiger partial charge on any atom is 0.257 e. The van der Waals surface area contributed by atoms with Gasteiger partial charge in [0.05, 0.1) is 10.3 Å². The number of rotatable bonds is 1. The Morgan fingerprint density at radius 3 is 3.07 bits per heavy atom. The zero-order valence-corrected chi connectivity index (χ0v) is 8.22. The summed E-state index contributed by atoms with van der Waals surface area (Å²) in [5.74, 6) is 0.471. The Labute approximate surface area is 87.6 Å². The van der Waals surface area contributed by atoms with E-state index < -0.39 is 0 Å². The van der Waals surface area contributed by atoms with Gasteiger partial charge in [0.25, 0.3) is 5.70 Å². The molecule has 0 radical (unpaired) electrons. The van der Waals surface area contributed by atoms with Gasteiger partial charge in [-0.05, 0) is 12.3 Å². The van der Waals surface area contributed by atoms with Crippen LogP contribution in [0.4, 0.5) is 0 Å². The summed E-state index contributed by atoms with van der Waals surface area (Å²) in [6.45, 7) is 4.06. The number of nitro groups is 1. The van der Waals surface area contributed by atoms with Crippen LogP contribution in [0, 0.1) is 27.4 Å².